The fourth-order valence-corrected chi connectivity index (χ4v) is 3.39. The third-order valence-electron chi connectivity index (χ3n) is 4.95. The first kappa shape index (κ1) is 16.5. The van der Waals surface area contributed by atoms with Crippen molar-refractivity contribution < 1.29 is 0 Å². The summed E-state index contributed by atoms with van der Waals surface area (Å²) in [5.41, 5.74) is 10.4. The molecule has 1 aliphatic rings. The van der Waals surface area contributed by atoms with Crippen molar-refractivity contribution in [2.75, 3.05) is 33.2 Å². The van der Waals surface area contributed by atoms with Crippen LogP contribution in [0.3, 0.4) is 0 Å². The third-order valence-corrected chi connectivity index (χ3v) is 4.95. The molecule has 1 atom stereocenters. The highest BCUT2D eigenvalue weighted by molar-refractivity contribution is 5.33. The number of hydrogen-bond acceptors (Lipinski definition) is 3. The van der Waals surface area contributed by atoms with Crippen LogP contribution >= 0.6 is 0 Å². The predicted octanol–water partition coefficient (Wildman–Crippen LogP) is 2.72. The standard InChI is InChI=1S/C18H31N3/c1-5-21-10-8-16(9-11-21)20(4)13-18(19)17-12-14(2)6-7-15(17)3/h6-7,12,16,18H,5,8-11,13,19H2,1-4H3. The molecule has 0 aromatic heterocycles. The van der Waals surface area contributed by atoms with Crippen LogP contribution in [-0.4, -0.2) is 49.1 Å². The Kier molecular flexibility index (Phi) is 5.80. The molecule has 118 valence electrons. The maximum Gasteiger partial charge on any atom is 0.0426 e. The molecule has 2 N–H and O–H groups in total. The minimum absolute atomic E-state index is 0.110. The minimum atomic E-state index is 0.110. The number of nitrogens with two attached hydrogens (primary N) is 1. The van der Waals surface area contributed by atoms with Crippen molar-refractivity contribution in [3.8, 4) is 0 Å². The summed E-state index contributed by atoms with van der Waals surface area (Å²) < 4.78 is 0. The average molecular weight is 289 g/mol. The van der Waals surface area contributed by atoms with E-state index in [1.807, 2.05) is 0 Å². The molecule has 1 aromatic carbocycles. The molecule has 0 radical (unpaired) electrons. The lowest BCUT2D eigenvalue weighted by atomic mass is 9.97. The maximum atomic E-state index is 6.47. The highest BCUT2D eigenvalue weighted by Gasteiger charge is 2.23. The van der Waals surface area contributed by atoms with Crippen molar-refractivity contribution in [1.29, 1.82) is 0 Å². The monoisotopic (exact) mass is 289 g/mol. The van der Waals surface area contributed by atoms with E-state index in [1.54, 1.807) is 0 Å². The molecule has 0 bridgehead atoms. The Morgan fingerprint density at radius 3 is 2.57 bits per heavy atom. The summed E-state index contributed by atoms with van der Waals surface area (Å²) in [5, 5.41) is 0. The summed E-state index contributed by atoms with van der Waals surface area (Å²) in [6.07, 6.45) is 2.54. The number of rotatable bonds is 5. The van der Waals surface area contributed by atoms with Gasteiger partial charge in [-0.2, -0.15) is 0 Å². The van der Waals surface area contributed by atoms with Gasteiger partial charge in [0.15, 0.2) is 0 Å². The summed E-state index contributed by atoms with van der Waals surface area (Å²) in [7, 11) is 2.23. The van der Waals surface area contributed by atoms with Gasteiger partial charge in [0.05, 0.1) is 0 Å². The first-order chi connectivity index (χ1) is 10.0. The van der Waals surface area contributed by atoms with E-state index < -0.39 is 0 Å². The topological polar surface area (TPSA) is 32.5 Å². The van der Waals surface area contributed by atoms with Gasteiger partial charge >= 0.3 is 0 Å². The van der Waals surface area contributed by atoms with E-state index in [2.05, 4.69) is 55.8 Å². The Morgan fingerprint density at radius 2 is 1.95 bits per heavy atom. The van der Waals surface area contributed by atoms with E-state index in [-0.39, 0.29) is 6.04 Å². The number of likely N-dealkylation sites (N-methyl/N-ethyl adjacent to an activating group) is 1. The third kappa shape index (κ3) is 4.29. The lowest BCUT2D eigenvalue weighted by molar-refractivity contribution is 0.127. The van der Waals surface area contributed by atoms with Crippen molar-refractivity contribution in [2.24, 2.45) is 5.73 Å². The van der Waals surface area contributed by atoms with Crippen LogP contribution in [0.15, 0.2) is 18.2 Å². The first-order valence-electron chi connectivity index (χ1n) is 8.26. The molecule has 1 heterocycles. The molecule has 3 nitrogen and oxygen atoms in total. The smallest absolute Gasteiger partial charge is 0.0426 e. The van der Waals surface area contributed by atoms with E-state index in [9.17, 15) is 0 Å². The molecule has 3 heteroatoms. The summed E-state index contributed by atoms with van der Waals surface area (Å²) in [6, 6.07) is 7.39. The molecule has 21 heavy (non-hydrogen) atoms. The quantitative estimate of drug-likeness (QED) is 0.904. The Labute approximate surface area is 130 Å². The molecule has 2 rings (SSSR count). The Balaban J connectivity index is 1.93. The van der Waals surface area contributed by atoms with E-state index in [0.717, 1.165) is 6.54 Å². The number of nitrogens with zero attached hydrogens (tertiary/aromatic N) is 2. The average Bonchev–Trinajstić information content (AvgIpc) is 2.49. The maximum absolute atomic E-state index is 6.47. The number of hydrogen-bond donors (Lipinski definition) is 1. The van der Waals surface area contributed by atoms with Gasteiger partial charge < -0.3 is 15.5 Å². The largest absolute Gasteiger partial charge is 0.323 e. The normalized spacial score (nSPS) is 19.1. The molecule has 0 aliphatic carbocycles. The van der Waals surface area contributed by atoms with Crippen molar-refractivity contribution in [3.05, 3.63) is 34.9 Å². The SMILES string of the molecule is CCN1CCC(N(C)CC(N)c2cc(C)ccc2C)CC1. The zero-order valence-corrected chi connectivity index (χ0v) is 14.1. The van der Waals surface area contributed by atoms with Gasteiger partial charge in [0.1, 0.15) is 0 Å². The van der Waals surface area contributed by atoms with Crippen LogP contribution in [0, 0.1) is 13.8 Å². The molecule has 1 unspecified atom stereocenters. The zero-order valence-electron chi connectivity index (χ0n) is 14.1. The molecule has 0 amide bonds. The predicted molar refractivity (Wildman–Crippen MR) is 90.6 cm³/mol. The Hall–Kier alpha value is -0.900. The molecule has 1 aliphatic heterocycles. The van der Waals surface area contributed by atoms with Crippen LogP contribution < -0.4 is 5.73 Å². The molecule has 0 spiro atoms. The van der Waals surface area contributed by atoms with Gasteiger partial charge in [-0.05, 0) is 64.5 Å². The summed E-state index contributed by atoms with van der Waals surface area (Å²) in [5.74, 6) is 0. The Bertz CT molecular complexity index is 450. The van der Waals surface area contributed by atoms with Gasteiger partial charge in [0.25, 0.3) is 0 Å². The number of benzene rings is 1. The molecule has 1 aromatic rings. The van der Waals surface area contributed by atoms with E-state index in [0.29, 0.717) is 6.04 Å². The second-order valence-electron chi connectivity index (χ2n) is 6.57. The van der Waals surface area contributed by atoms with Crippen molar-refractivity contribution in [3.63, 3.8) is 0 Å². The minimum Gasteiger partial charge on any atom is -0.323 e. The van der Waals surface area contributed by atoms with Gasteiger partial charge in [0.2, 0.25) is 0 Å². The second kappa shape index (κ2) is 7.39. The summed E-state index contributed by atoms with van der Waals surface area (Å²) >= 11 is 0. The van der Waals surface area contributed by atoms with Crippen molar-refractivity contribution >= 4 is 0 Å². The van der Waals surface area contributed by atoms with Crippen LogP contribution in [0.5, 0.6) is 0 Å². The van der Waals surface area contributed by atoms with Gasteiger partial charge in [-0.1, -0.05) is 30.7 Å². The fourth-order valence-electron chi connectivity index (χ4n) is 3.39. The summed E-state index contributed by atoms with van der Waals surface area (Å²) in [6.45, 7) is 11.1. The van der Waals surface area contributed by atoms with Crippen LogP contribution in [-0.2, 0) is 0 Å². The lowest BCUT2D eigenvalue weighted by Gasteiger charge is -2.37. The highest BCUT2D eigenvalue weighted by atomic mass is 15.2. The second-order valence-corrected chi connectivity index (χ2v) is 6.57. The zero-order chi connectivity index (χ0) is 15.4. The molecular weight excluding hydrogens is 258 g/mol. The van der Waals surface area contributed by atoms with Gasteiger partial charge in [-0.3, -0.25) is 0 Å². The molecule has 0 saturated carbocycles. The fraction of sp³-hybridized carbons (Fsp3) is 0.667. The molecular formula is C18H31N3. The van der Waals surface area contributed by atoms with Gasteiger partial charge in [0, 0.05) is 18.6 Å². The number of likely N-dealkylation sites (tertiary alicyclic amines) is 1. The highest BCUT2D eigenvalue weighted by Crippen LogP contribution is 2.21. The summed E-state index contributed by atoms with van der Waals surface area (Å²) in [4.78, 5) is 5.01. The van der Waals surface area contributed by atoms with E-state index in [4.69, 9.17) is 5.73 Å². The molecule has 1 saturated heterocycles. The molecule has 1 fully saturated rings. The first-order valence-corrected chi connectivity index (χ1v) is 8.26. The van der Waals surface area contributed by atoms with Crippen LogP contribution in [0.1, 0.15) is 42.5 Å². The van der Waals surface area contributed by atoms with Crippen LogP contribution in [0.25, 0.3) is 0 Å². The van der Waals surface area contributed by atoms with Crippen molar-refractivity contribution in [1.82, 2.24) is 9.80 Å². The lowest BCUT2D eigenvalue weighted by Crippen LogP contribution is -2.45. The van der Waals surface area contributed by atoms with Crippen molar-refractivity contribution in [2.45, 2.75) is 45.7 Å². The van der Waals surface area contributed by atoms with Gasteiger partial charge in [-0.15, -0.1) is 0 Å². The number of aryl methyl sites for hydroxylation is 2. The Morgan fingerprint density at radius 1 is 1.29 bits per heavy atom. The van der Waals surface area contributed by atoms with E-state index in [1.165, 1.54) is 49.2 Å². The van der Waals surface area contributed by atoms with Crippen LogP contribution in [0.4, 0.5) is 0 Å². The van der Waals surface area contributed by atoms with Gasteiger partial charge in [-0.25, -0.2) is 0 Å². The van der Waals surface area contributed by atoms with E-state index >= 15 is 0 Å². The number of piperidine rings is 1. The van der Waals surface area contributed by atoms with Crippen LogP contribution in [0.2, 0.25) is 0 Å².